The van der Waals surface area contributed by atoms with Crippen LogP contribution in [0.25, 0.3) is 33.3 Å². The Morgan fingerprint density at radius 2 is 1.68 bits per heavy atom. The number of carbonyl (C=O) groups excluding carboxylic acids is 1. The summed E-state index contributed by atoms with van der Waals surface area (Å²) in [5, 5.41) is 9.71. The second-order valence-electron chi connectivity index (χ2n) is 11.2. The van der Waals surface area contributed by atoms with Crippen molar-refractivity contribution in [3.05, 3.63) is 93.8 Å². The molecule has 0 aliphatic heterocycles. The molecule has 4 N–H and O–H groups in total. The third-order valence-corrected chi connectivity index (χ3v) is 6.55. The number of anilines is 2. The molecule has 230 valence electrons. The SMILES string of the molecule is CS(=O)(=O)O.Cc1cc(F)c(NC(=O)Nc2cc(C(C)(C)C)no2)cc1-c1cc2cnc(-c3ccccc3)c(C)c2[nH]c1=O. The monoisotopic (exact) mass is 621 g/mol. The number of urea groups is 1. The van der Waals surface area contributed by atoms with Crippen LogP contribution in [0, 0.1) is 19.7 Å². The first-order valence-electron chi connectivity index (χ1n) is 13.4. The van der Waals surface area contributed by atoms with E-state index in [0.29, 0.717) is 34.2 Å². The minimum Gasteiger partial charge on any atom is -0.338 e. The molecule has 2 amide bonds. The molecule has 0 bridgehead atoms. The number of aryl methyl sites for hydroxylation is 2. The average molecular weight is 622 g/mol. The lowest BCUT2D eigenvalue weighted by atomic mass is 9.92. The molecule has 0 spiro atoms. The van der Waals surface area contributed by atoms with Gasteiger partial charge in [0, 0.05) is 34.2 Å². The Labute approximate surface area is 253 Å². The number of aromatic amines is 1. The number of hydrogen-bond acceptors (Lipinski definition) is 7. The number of nitrogens with one attached hydrogen (secondary N) is 3. The van der Waals surface area contributed by atoms with Gasteiger partial charge in [0.15, 0.2) is 0 Å². The van der Waals surface area contributed by atoms with Gasteiger partial charge in [0.1, 0.15) is 5.82 Å². The minimum absolute atomic E-state index is 0.0862. The average Bonchev–Trinajstić information content (AvgIpc) is 3.39. The normalized spacial score (nSPS) is 11.5. The standard InChI is InChI=1S/C30H28FN5O3.CH4O3S/c1-16-11-22(31)23(33-29(38)34-25-14-24(36-39-25)30(3,4)5)13-20(16)21-12-19-15-32-26(18-9-7-6-8-10-18)17(2)27(19)35-28(21)37;1-5(2,3)4/h6-15H,1-5H3,(H,35,37)(H2,33,34,38);1H3,(H,2,3,4). The summed E-state index contributed by atoms with van der Waals surface area (Å²) in [6, 6.07) is 15.1. The molecule has 5 rings (SSSR count). The number of halogens is 1. The molecule has 11 nitrogen and oxygen atoms in total. The van der Waals surface area contributed by atoms with Crippen molar-refractivity contribution >= 4 is 38.6 Å². The number of pyridine rings is 2. The van der Waals surface area contributed by atoms with Crippen LogP contribution in [0.3, 0.4) is 0 Å². The fourth-order valence-corrected chi connectivity index (χ4v) is 4.41. The van der Waals surface area contributed by atoms with E-state index < -0.39 is 22.0 Å². The Kier molecular flexibility index (Phi) is 9.02. The van der Waals surface area contributed by atoms with E-state index in [1.165, 1.54) is 12.1 Å². The van der Waals surface area contributed by atoms with Crippen molar-refractivity contribution < 1.29 is 26.7 Å². The zero-order chi connectivity index (χ0) is 32.4. The van der Waals surface area contributed by atoms with E-state index in [2.05, 4.69) is 25.8 Å². The number of H-pyrrole nitrogens is 1. The molecule has 0 atom stereocenters. The van der Waals surface area contributed by atoms with Gasteiger partial charge in [-0.05, 0) is 48.7 Å². The summed E-state index contributed by atoms with van der Waals surface area (Å²) in [6.07, 6.45) is 2.42. The van der Waals surface area contributed by atoms with E-state index in [1.54, 1.807) is 25.3 Å². The van der Waals surface area contributed by atoms with Gasteiger partial charge in [-0.1, -0.05) is 56.3 Å². The van der Waals surface area contributed by atoms with E-state index in [9.17, 15) is 22.4 Å². The Bertz CT molecular complexity index is 2010. The molecular weight excluding hydrogens is 589 g/mol. The topological polar surface area (TPSA) is 167 Å². The molecular formula is C31H32FN5O6S. The smallest absolute Gasteiger partial charge is 0.326 e. The van der Waals surface area contributed by atoms with Crippen LogP contribution >= 0.6 is 0 Å². The summed E-state index contributed by atoms with van der Waals surface area (Å²) in [5.41, 5.74) is 4.59. The molecule has 0 aliphatic rings. The van der Waals surface area contributed by atoms with Crippen molar-refractivity contribution in [1.29, 1.82) is 0 Å². The number of fused-ring (bicyclic) bond motifs is 1. The van der Waals surface area contributed by atoms with Crippen LogP contribution in [0.2, 0.25) is 0 Å². The Hall–Kier alpha value is -4.88. The van der Waals surface area contributed by atoms with E-state index >= 15 is 0 Å². The fourth-order valence-electron chi connectivity index (χ4n) is 4.41. The molecule has 0 fully saturated rings. The zero-order valence-corrected chi connectivity index (χ0v) is 25.8. The summed E-state index contributed by atoms with van der Waals surface area (Å²) in [7, 11) is -3.67. The van der Waals surface area contributed by atoms with Crippen molar-refractivity contribution in [3.8, 4) is 22.4 Å². The lowest BCUT2D eigenvalue weighted by Gasteiger charge is -2.13. The molecule has 0 unspecified atom stereocenters. The molecule has 5 aromatic rings. The summed E-state index contributed by atoms with van der Waals surface area (Å²) in [6.45, 7) is 9.51. The van der Waals surface area contributed by atoms with Crippen LogP contribution in [0.4, 0.5) is 20.8 Å². The van der Waals surface area contributed by atoms with Gasteiger partial charge in [-0.2, -0.15) is 8.42 Å². The first kappa shape index (κ1) is 32.0. The highest BCUT2D eigenvalue weighted by molar-refractivity contribution is 7.85. The highest BCUT2D eigenvalue weighted by Crippen LogP contribution is 2.31. The second-order valence-corrected chi connectivity index (χ2v) is 12.7. The molecule has 0 radical (unpaired) electrons. The van der Waals surface area contributed by atoms with Gasteiger partial charge in [0.05, 0.1) is 28.8 Å². The maximum absolute atomic E-state index is 14.8. The van der Waals surface area contributed by atoms with Gasteiger partial charge in [0.2, 0.25) is 5.88 Å². The lowest BCUT2D eigenvalue weighted by molar-refractivity contribution is 0.261. The van der Waals surface area contributed by atoms with Crippen LogP contribution in [0.1, 0.15) is 37.6 Å². The zero-order valence-electron chi connectivity index (χ0n) is 24.9. The number of carbonyl (C=O) groups is 1. The summed E-state index contributed by atoms with van der Waals surface area (Å²) < 4.78 is 45.9. The molecule has 3 heterocycles. The van der Waals surface area contributed by atoms with E-state index in [-0.39, 0.29) is 22.5 Å². The third kappa shape index (κ3) is 7.74. The minimum atomic E-state index is -3.67. The van der Waals surface area contributed by atoms with E-state index in [0.717, 1.165) is 22.2 Å². The van der Waals surface area contributed by atoms with Crippen LogP contribution in [-0.2, 0) is 15.5 Å². The van der Waals surface area contributed by atoms with Crippen LogP contribution in [0.5, 0.6) is 0 Å². The Morgan fingerprint density at radius 1 is 1.02 bits per heavy atom. The quantitative estimate of drug-likeness (QED) is 0.166. The molecule has 3 aromatic heterocycles. The highest BCUT2D eigenvalue weighted by atomic mass is 32.2. The van der Waals surface area contributed by atoms with Crippen molar-refractivity contribution in [2.75, 3.05) is 16.9 Å². The van der Waals surface area contributed by atoms with Gasteiger partial charge in [0.25, 0.3) is 15.7 Å². The number of hydrogen-bond donors (Lipinski definition) is 4. The van der Waals surface area contributed by atoms with Crippen molar-refractivity contribution in [2.45, 2.75) is 40.0 Å². The molecule has 0 saturated carbocycles. The van der Waals surface area contributed by atoms with Crippen LogP contribution in [-0.4, -0.2) is 40.4 Å². The summed E-state index contributed by atoms with van der Waals surface area (Å²) >= 11 is 0. The maximum Gasteiger partial charge on any atom is 0.326 e. The third-order valence-electron chi connectivity index (χ3n) is 6.55. The van der Waals surface area contributed by atoms with Crippen molar-refractivity contribution in [2.24, 2.45) is 0 Å². The predicted molar refractivity (Wildman–Crippen MR) is 168 cm³/mol. The number of aromatic nitrogens is 3. The predicted octanol–water partition coefficient (Wildman–Crippen LogP) is 6.45. The molecule has 2 aromatic carbocycles. The highest BCUT2D eigenvalue weighted by Gasteiger charge is 2.21. The summed E-state index contributed by atoms with van der Waals surface area (Å²) in [4.78, 5) is 33.4. The maximum atomic E-state index is 14.8. The van der Waals surface area contributed by atoms with Gasteiger partial charge >= 0.3 is 6.03 Å². The number of nitrogens with zero attached hydrogens (tertiary/aromatic N) is 2. The Balaban J connectivity index is 0.000000818. The van der Waals surface area contributed by atoms with Crippen LogP contribution < -0.4 is 16.2 Å². The van der Waals surface area contributed by atoms with E-state index in [1.807, 2.05) is 58.0 Å². The second kappa shape index (κ2) is 12.4. The van der Waals surface area contributed by atoms with Gasteiger partial charge < -0.3 is 14.8 Å². The van der Waals surface area contributed by atoms with Gasteiger partial charge in [-0.3, -0.25) is 19.6 Å². The van der Waals surface area contributed by atoms with Gasteiger partial charge in [-0.25, -0.2) is 9.18 Å². The fraction of sp³-hybridized carbons (Fsp3) is 0.226. The first-order chi connectivity index (χ1) is 20.5. The van der Waals surface area contributed by atoms with E-state index in [4.69, 9.17) is 9.08 Å². The lowest BCUT2D eigenvalue weighted by Crippen LogP contribution is -2.20. The van der Waals surface area contributed by atoms with Crippen LogP contribution in [0.15, 0.2) is 70.1 Å². The van der Waals surface area contributed by atoms with Crippen molar-refractivity contribution in [1.82, 2.24) is 15.1 Å². The number of rotatable bonds is 4. The first-order valence-corrected chi connectivity index (χ1v) is 15.2. The summed E-state index contributed by atoms with van der Waals surface area (Å²) in [5.74, 6) is -0.504. The molecule has 13 heteroatoms. The number of amides is 2. The number of benzene rings is 2. The molecule has 44 heavy (non-hydrogen) atoms. The molecule has 0 saturated heterocycles. The van der Waals surface area contributed by atoms with Crippen molar-refractivity contribution in [3.63, 3.8) is 0 Å². The molecule has 0 aliphatic carbocycles. The van der Waals surface area contributed by atoms with Gasteiger partial charge in [-0.15, -0.1) is 0 Å². The Morgan fingerprint density at radius 3 is 2.30 bits per heavy atom. The largest absolute Gasteiger partial charge is 0.338 e.